The summed E-state index contributed by atoms with van der Waals surface area (Å²) < 4.78 is 25.4. The van der Waals surface area contributed by atoms with Crippen LogP contribution in [-0.2, 0) is 25.8 Å². The summed E-state index contributed by atoms with van der Waals surface area (Å²) >= 11 is 1.54. The maximum absolute atomic E-state index is 12.7. The van der Waals surface area contributed by atoms with Crippen molar-refractivity contribution in [2.75, 3.05) is 16.4 Å². The molecule has 154 valence electrons. The molecule has 2 aromatic carbocycles. The molecular weight excluding hydrogens is 408 g/mol. The number of amides is 2. The van der Waals surface area contributed by atoms with Gasteiger partial charge in [-0.05, 0) is 42.3 Å². The second kappa shape index (κ2) is 9.00. The van der Waals surface area contributed by atoms with Gasteiger partial charge >= 0.3 is 0 Å². The predicted octanol–water partition coefficient (Wildman–Crippen LogP) is 3.87. The second-order valence-electron chi connectivity index (χ2n) is 7.01. The number of rotatable bonds is 6. The molecule has 0 aromatic heterocycles. The molecule has 3 rings (SSSR count). The molecule has 6 nitrogen and oxygen atoms in total. The lowest BCUT2D eigenvalue weighted by atomic mass is 10.1. The Morgan fingerprint density at radius 3 is 2.79 bits per heavy atom. The molecule has 0 saturated carbocycles. The first-order valence-electron chi connectivity index (χ1n) is 9.49. The summed E-state index contributed by atoms with van der Waals surface area (Å²) in [6.45, 7) is 3.98. The predicted molar refractivity (Wildman–Crippen MR) is 116 cm³/mol. The number of hydrogen-bond acceptors (Lipinski definition) is 5. The van der Waals surface area contributed by atoms with Crippen LogP contribution in [0.3, 0.4) is 0 Å². The average Bonchev–Trinajstić information content (AvgIpc) is 2.82. The van der Waals surface area contributed by atoms with Crippen LogP contribution in [0.1, 0.15) is 32.3 Å². The van der Waals surface area contributed by atoms with Crippen molar-refractivity contribution in [3.05, 3.63) is 48.0 Å². The number of sulfone groups is 1. The number of carbonyl (C=O) groups is 2. The van der Waals surface area contributed by atoms with Crippen molar-refractivity contribution in [3.8, 4) is 0 Å². The molecule has 8 heteroatoms. The van der Waals surface area contributed by atoms with E-state index in [1.165, 1.54) is 23.9 Å². The molecule has 0 saturated heterocycles. The van der Waals surface area contributed by atoms with Gasteiger partial charge in [-0.3, -0.25) is 9.59 Å². The van der Waals surface area contributed by atoms with Crippen molar-refractivity contribution >= 4 is 44.8 Å². The molecule has 0 radical (unpaired) electrons. The van der Waals surface area contributed by atoms with Gasteiger partial charge in [0, 0.05) is 28.7 Å². The molecule has 1 aliphatic heterocycles. The number of nitrogens with one attached hydrogen (secondary N) is 2. The molecule has 0 aliphatic carbocycles. The van der Waals surface area contributed by atoms with Crippen molar-refractivity contribution in [1.82, 2.24) is 0 Å². The molecule has 1 heterocycles. The number of thioether (sulfide) groups is 1. The lowest BCUT2D eigenvalue weighted by molar-refractivity contribution is -0.116. The summed E-state index contributed by atoms with van der Waals surface area (Å²) in [5.74, 6) is -0.788. The van der Waals surface area contributed by atoms with E-state index in [2.05, 4.69) is 10.6 Å². The SMILES string of the molecule is CCc1cccc(NC(=O)CCS(=O)(=O)c2ccc3c(c2)NC(=O)CC(C)S3)c1. The Hall–Kier alpha value is -2.32. The number of carbonyl (C=O) groups excluding carboxylic acids is 2. The molecule has 0 bridgehead atoms. The van der Waals surface area contributed by atoms with Gasteiger partial charge in [0.1, 0.15) is 0 Å². The lowest BCUT2D eigenvalue weighted by Crippen LogP contribution is -2.18. The molecule has 29 heavy (non-hydrogen) atoms. The van der Waals surface area contributed by atoms with E-state index in [0.717, 1.165) is 16.9 Å². The Labute approximate surface area is 175 Å². The quantitative estimate of drug-likeness (QED) is 0.723. The van der Waals surface area contributed by atoms with Crippen LogP contribution in [0.5, 0.6) is 0 Å². The van der Waals surface area contributed by atoms with Gasteiger partial charge in [0.2, 0.25) is 11.8 Å². The molecule has 2 amide bonds. The summed E-state index contributed by atoms with van der Waals surface area (Å²) in [5, 5.41) is 5.64. The van der Waals surface area contributed by atoms with Crippen LogP contribution in [0.4, 0.5) is 11.4 Å². The van der Waals surface area contributed by atoms with Gasteiger partial charge < -0.3 is 10.6 Å². The van der Waals surface area contributed by atoms with Gasteiger partial charge in [-0.2, -0.15) is 0 Å². The second-order valence-corrected chi connectivity index (χ2v) is 10.6. The van der Waals surface area contributed by atoms with E-state index in [1.54, 1.807) is 12.1 Å². The van der Waals surface area contributed by atoms with Crippen LogP contribution in [0.15, 0.2) is 52.3 Å². The van der Waals surface area contributed by atoms with E-state index in [4.69, 9.17) is 0 Å². The highest BCUT2D eigenvalue weighted by Gasteiger charge is 2.23. The largest absolute Gasteiger partial charge is 0.326 e. The van der Waals surface area contributed by atoms with E-state index in [9.17, 15) is 18.0 Å². The fraction of sp³-hybridized carbons (Fsp3) is 0.333. The van der Waals surface area contributed by atoms with Gasteiger partial charge in [-0.25, -0.2) is 8.42 Å². The van der Waals surface area contributed by atoms with E-state index in [1.807, 2.05) is 32.0 Å². The molecule has 2 aromatic rings. The van der Waals surface area contributed by atoms with Crippen molar-refractivity contribution < 1.29 is 18.0 Å². The van der Waals surface area contributed by atoms with Crippen molar-refractivity contribution in [1.29, 1.82) is 0 Å². The number of fused-ring (bicyclic) bond motifs is 1. The van der Waals surface area contributed by atoms with E-state index in [0.29, 0.717) is 17.8 Å². The molecule has 0 spiro atoms. The Kier molecular flexibility index (Phi) is 6.64. The lowest BCUT2D eigenvalue weighted by Gasteiger charge is -2.11. The number of hydrogen-bond donors (Lipinski definition) is 2. The number of anilines is 2. The fourth-order valence-electron chi connectivity index (χ4n) is 3.06. The van der Waals surface area contributed by atoms with Crippen LogP contribution >= 0.6 is 11.8 Å². The van der Waals surface area contributed by atoms with Crippen LogP contribution in [0.2, 0.25) is 0 Å². The van der Waals surface area contributed by atoms with E-state index < -0.39 is 9.84 Å². The molecule has 1 atom stereocenters. The van der Waals surface area contributed by atoms with Crippen LogP contribution in [0, 0.1) is 0 Å². The third kappa shape index (κ3) is 5.61. The summed E-state index contributed by atoms with van der Waals surface area (Å²) in [7, 11) is -3.66. The molecule has 0 fully saturated rings. The van der Waals surface area contributed by atoms with Crippen molar-refractivity contribution in [3.63, 3.8) is 0 Å². The maximum atomic E-state index is 12.7. The van der Waals surface area contributed by atoms with Crippen LogP contribution < -0.4 is 10.6 Å². The molecule has 1 unspecified atom stereocenters. The monoisotopic (exact) mass is 432 g/mol. The summed E-state index contributed by atoms with van der Waals surface area (Å²) in [4.78, 5) is 25.1. The normalized spacial score (nSPS) is 16.5. The minimum atomic E-state index is -3.66. The standard InChI is InChI=1S/C21H24N2O4S2/c1-3-15-5-4-6-16(12-15)22-20(24)9-10-29(26,27)17-7-8-19-18(13-17)23-21(25)11-14(2)28-19/h4-8,12-14H,3,9-11H2,1-2H3,(H,22,24)(H,23,25). The topological polar surface area (TPSA) is 92.3 Å². The number of aryl methyl sites for hydroxylation is 1. The smallest absolute Gasteiger partial charge is 0.225 e. The van der Waals surface area contributed by atoms with Crippen LogP contribution in [0.25, 0.3) is 0 Å². The van der Waals surface area contributed by atoms with E-state index >= 15 is 0 Å². The first kappa shape index (κ1) is 21.4. The third-order valence-electron chi connectivity index (χ3n) is 4.60. The Morgan fingerprint density at radius 2 is 2.03 bits per heavy atom. The minimum absolute atomic E-state index is 0.104. The first-order chi connectivity index (χ1) is 13.8. The van der Waals surface area contributed by atoms with Crippen LogP contribution in [-0.4, -0.2) is 31.2 Å². The number of benzene rings is 2. The third-order valence-corrected chi connectivity index (χ3v) is 7.49. The van der Waals surface area contributed by atoms with Gasteiger partial charge in [0.25, 0.3) is 0 Å². The molecule has 2 N–H and O–H groups in total. The van der Waals surface area contributed by atoms with Crippen molar-refractivity contribution in [2.24, 2.45) is 0 Å². The summed E-state index contributed by atoms with van der Waals surface area (Å²) in [5.41, 5.74) is 2.26. The Balaban J connectivity index is 1.68. The summed E-state index contributed by atoms with van der Waals surface area (Å²) in [6, 6.07) is 12.2. The minimum Gasteiger partial charge on any atom is -0.326 e. The fourth-order valence-corrected chi connectivity index (χ4v) is 5.38. The highest BCUT2D eigenvalue weighted by Crippen LogP contribution is 2.36. The first-order valence-corrected chi connectivity index (χ1v) is 12.0. The van der Waals surface area contributed by atoms with Gasteiger partial charge in [-0.1, -0.05) is 26.0 Å². The zero-order valence-corrected chi connectivity index (χ0v) is 18.0. The maximum Gasteiger partial charge on any atom is 0.225 e. The highest BCUT2D eigenvalue weighted by atomic mass is 32.2. The Bertz CT molecular complexity index is 1030. The zero-order valence-electron chi connectivity index (χ0n) is 16.4. The van der Waals surface area contributed by atoms with Gasteiger partial charge in [0.05, 0.1) is 16.3 Å². The van der Waals surface area contributed by atoms with E-state index in [-0.39, 0.29) is 34.1 Å². The highest BCUT2D eigenvalue weighted by molar-refractivity contribution is 8.00. The van der Waals surface area contributed by atoms with Gasteiger partial charge in [0.15, 0.2) is 9.84 Å². The van der Waals surface area contributed by atoms with Crippen molar-refractivity contribution in [2.45, 2.75) is 48.2 Å². The molecule has 1 aliphatic rings. The zero-order chi connectivity index (χ0) is 21.0. The average molecular weight is 433 g/mol. The molecular formula is C21H24N2O4S2. The summed E-state index contributed by atoms with van der Waals surface area (Å²) in [6.07, 6.45) is 1.08. The Morgan fingerprint density at radius 1 is 1.24 bits per heavy atom. The van der Waals surface area contributed by atoms with Gasteiger partial charge in [-0.15, -0.1) is 11.8 Å².